The van der Waals surface area contributed by atoms with Gasteiger partial charge in [0, 0.05) is 30.3 Å². The zero-order valence-corrected chi connectivity index (χ0v) is 19.4. The SMILES string of the molecule is COc1ccc(C(=O)N(CCC2CCCN2C)C/C(C)=C/c2ccccc2F)cc1OC. The van der Waals surface area contributed by atoms with E-state index >= 15 is 0 Å². The first-order valence-electron chi connectivity index (χ1n) is 11.1. The van der Waals surface area contributed by atoms with E-state index in [0.717, 1.165) is 25.0 Å². The molecule has 0 spiro atoms. The largest absolute Gasteiger partial charge is 0.493 e. The number of nitrogens with zero attached hydrogens (tertiary/aromatic N) is 2. The summed E-state index contributed by atoms with van der Waals surface area (Å²) in [6.07, 6.45) is 5.06. The third-order valence-electron chi connectivity index (χ3n) is 6.07. The molecule has 1 saturated heterocycles. The number of carbonyl (C=O) groups excluding carboxylic acids is 1. The van der Waals surface area contributed by atoms with Crippen LogP contribution in [0.2, 0.25) is 0 Å². The van der Waals surface area contributed by atoms with Crippen molar-refractivity contribution in [1.29, 1.82) is 0 Å². The molecule has 1 amide bonds. The summed E-state index contributed by atoms with van der Waals surface area (Å²) in [6.45, 7) is 4.09. The van der Waals surface area contributed by atoms with Crippen molar-refractivity contribution < 1.29 is 18.7 Å². The van der Waals surface area contributed by atoms with E-state index < -0.39 is 0 Å². The normalized spacial score (nSPS) is 16.8. The van der Waals surface area contributed by atoms with Gasteiger partial charge in [-0.2, -0.15) is 0 Å². The summed E-state index contributed by atoms with van der Waals surface area (Å²) in [6, 6.07) is 12.4. The Kier molecular flexibility index (Phi) is 8.28. The third kappa shape index (κ3) is 5.88. The van der Waals surface area contributed by atoms with Crippen LogP contribution in [0, 0.1) is 5.82 Å². The van der Waals surface area contributed by atoms with Gasteiger partial charge in [-0.1, -0.05) is 29.8 Å². The first kappa shape index (κ1) is 23.8. The Morgan fingerprint density at radius 2 is 1.94 bits per heavy atom. The number of rotatable bonds is 9. The average Bonchev–Trinajstić information content (AvgIpc) is 3.21. The van der Waals surface area contributed by atoms with Gasteiger partial charge in [-0.25, -0.2) is 4.39 Å². The second-order valence-corrected chi connectivity index (χ2v) is 8.37. The van der Waals surface area contributed by atoms with Gasteiger partial charge in [-0.15, -0.1) is 0 Å². The first-order valence-corrected chi connectivity index (χ1v) is 11.1. The van der Waals surface area contributed by atoms with Gasteiger partial charge in [-0.3, -0.25) is 4.79 Å². The Labute approximate surface area is 190 Å². The molecule has 6 heteroatoms. The van der Waals surface area contributed by atoms with Crippen LogP contribution in [0.5, 0.6) is 11.5 Å². The highest BCUT2D eigenvalue weighted by Crippen LogP contribution is 2.28. The Morgan fingerprint density at radius 1 is 1.19 bits per heavy atom. The number of amides is 1. The van der Waals surface area contributed by atoms with Crippen molar-refractivity contribution in [2.75, 3.05) is 40.9 Å². The number of methoxy groups -OCH3 is 2. The van der Waals surface area contributed by atoms with E-state index in [0.29, 0.717) is 41.8 Å². The summed E-state index contributed by atoms with van der Waals surface area (Å²) in [5, 5.41) is 0. The number of likely N-dealkylation sites (tertiary alicyclic amines) is 1. The topological polar surface area (TPSA) is 42.0 Å². The predicted octanol–water partition coefficient (Wildman–Crippen LogP) is 4.87. The molecule has 2 aromatic rings. The van der Waals surface area contributed by atoms with Gasteiger partial charge in [0.1, 0.15) is 5.82 Å². The lowest BCUT2D eigenvalue weighted by Crippen LogP contribution is -2.37. The van der Waals surface area contributed by atoms with Crippen molar-refractivity contribution in [3.63, 3.8) is 0 Å². The molecule has 0 aromatic heterocycles. The van der Waals surface area contributed by atoms with E-state index in [9.17, 15) is 9.18 Å². The molecule has 2 aromatic carbocycles. The molecule has 0 radical (unpaired) electrons. The Morgan fingerprint density at radius 3 is 2.59 bits per heavy atom. The Balaban J connectivity index is 1.82. The molecule has 0 aliphatic carbocycles. The molecule has 0 N–H and O–H groups in total. The Bertz CT molecular complexity index is 960. The van der Waals surface area contributed by atoms with Crippen molar-refractivity contribution in [3.8, 4) is 11.5 Å². The maximum absolute atomic E-state index is 14.1. The average molecular weight is 441 g/mol. The van der Waals surface area contributed by atoms with E-state index in [1.165, 1.54) is 12.5 Å². The van der Waals surface area contributed by atoms with Crippen LogP contribution in [0.4, 0.5) is 4.39 Å². The van der Waals surface area contributed by atoms with Crippen molar-refractivity contribution >= 4 is 12.0 Å². The lowest BCUT2D eigenvalue weighted by Gasteiger charge is -2.27. The molecule has 1 aliphatic heterocycles. The van der Waals surface area contributed by atoms with Crippen LogP contribution >= 0.6 is 0 Å². The summed E-state index contributed by atoms with van der Waals surface area (Å²) in [7, 11) is 5.27. The maximum atomic E-state index is 14.1. The van der Waals surface area contributed by atoms with Crippen LogP contribution < -0.4 is 9.47 Å². The minimum atomic E-state index is -0.266. The van der Waals surface area contributed by atoms with E-state index in [1.807, 2.05) is 24.0 Å². The number of halogens is 1. The zero-order valence-electron chi connectivity index (χ0n) is 19.4. The smallest absolute Gasteiger partial charge is 0.254 e. The molecule has 5 nitrogen and oxygen atoms in total. The summed E-state index contributed by atoms with van der Waals surface area (Å²) < 4.78 is 24.8. The number of benzene rings is 2. The van der Waals surface area contributed by atoms with Crippen molar-refractivity contribution in [2.24, 2.45) is 0 Å². The molecule has 1 atom stereocenters. The summed E-state index contributed by atoms with van der Waals surface area (Å²) >= 11 is 0. The third-order valence-corrected chi connectivity index (χ3v) is 6.07. The molecule has 172 valence electrons. The molecule has 3 rings (SSSR count). The highest BCUT2D eigenvalue weighted by Gasteiger charge is 2.24. The van der Waals surface area contributed by atoms with E-state index in [1.54, 1.807) is 44.6 Å². The van der Waals surface area contributed by atoms with E-state index in [-0.39, 0.29) is 11.7 Å². The quantitative estimate of drug-likeness (QED) is 0.558. The van der Waals surface area contributed by atoms with Crippen LogP contribution in [-0.2, 0) is 0 Å². The lowest BCUT2D eigenvalue weighted by atomic mass is 10.1. The fraction of sp³-hybridized carbons (Fsp3) is 0.423. The molecule has 1 heterocycles. The second-order valence-electron chi connectivity index (χ2n) is 8.37. The van der Waals surface area contributed by atoms with Crippen LogP contribution in [0.25, 0.3) is 6.08 Å². The van der Waals surface area contributed by atoms with Crippen LogP contribution in [0.1, 0.15) is 42.1 Å². The van der Waals surface area contributed by atoms with Gasteiger partial charge >= 0.3 is 0 Å². The summed E-state index contributed by atoms with van der Waals surface area (Å²) in [4.78, 5) is 17.7. The fourth-order valence-corrected chi connectivity index (χ4v) is 4.26. The van der Waals surface area contributed by atoms with Crippen LogP contribution in [-0.4, -0.2) is 62.7 Å². The molecular formula is C26H33FN2O3. The zero-order chi connectivity index (χ0) is 23.1. The first-order chi connectivity index (χ1) is 15.4. The monoisotopic (exact) mass is 440 g/mol. The van der Waals surface area contributed by atoms with E-state index in [4.69, 9.17) is 9.47 Å². The fourth-order valence-electron chi connectivity index (χ4n) is 4.26. The van der Waals surface area contributed by atoms with Crippen molar-refractivity contribution in [1.82, 2.24) is 9.80 Å². The number of carbonyl (C=O) groups is 1. The lowest BCUT2D eigenvalue weighted by molar-refractivity contribution is 0.0757. The minimum Gasteiger partial charge on any atom is -0.493 e. The van der Waals surface area contributed by atoms with Crippen molar-refractivity contribution in [3.05, 3.63) is 65.0 Å². The highest BCUT2D eigenvalue weighted by atomic mass is 19.1. The number of hydrogen-bond donors (Lipinski definition) is 0. The van der Waals surface area contributed by atoms with E-state index in [2.05, 4.69) is 11.9 Å². The van der Waals surface area contributed by atoms with Gasteiger partial charge in [0.05, 0.1) is 14.2 Å². The van der Waals surface area contributed by atoms with Gasteiger partial charge < -0.3 is 19.3 Å². The molecule has 0 saturated carbocycles. The molecule has 1 aliphatic rings. The predicted molar refractivity (Wildman–Crippen MR) is 126 cm³/mol. The van der Waals surface area contributed by atoms with Gasteiger partial charge in [0.25, 0.3) is 5.91 Å². The Hall–Kier alpha value is -2.86. The summed E-state index contributed by atoms with van der Waals surface area (Å²) in [5.41, 5.74) is 1.99. The van der Waals surface area contributed by atoms with Crippen molar-refractivity contribution in [2.45, 2.75) is 32.2 Å². The molecule has 32 heavy (non-hydrogen) atoms. The molecule has 1 unspecified atom stereocenters. The van der Waals surface area contributed by atoms with Crippen LogP contribution in [0.3, 0.4) is 0 Å². The molecular weight excluding hydrogens is 407 g/mol. The highest BCUT2D eigenvalue weighted by molar-refractivity contribution is 5.95. The molecule has 0 bridgehead atoms. The number of hydrogen-bond acceptors (Lipinski definition) is 4. The standard InChI is InChI=1S/C26H33FN2O3/c1-19(16-20-8-5-6-10-23(20)27)18-29(15-13-22-9-7-14-28(22)2)26(30)21-11-12-24(31-3)25(17-21)32-4/h5-6,8,10-12,16-17,22H,7,9,13-15,18H2,1-4H3/b19-16+. The maximum Gasteiger partial charge on any atom is 0.254 e. The van der Waals surface area contributed by atoms with Crippen LogP contribution in [0.15, 0.2) is 48.0 Å². The second kappa shape index (κ2) is 11.1. The van der Waals surface area contributed by atoms with Gasteiger partial charge in [0.2, 0.25) is 0 Å². The molecule has 1 fully saturated rings. The summed E-state index contributed by atoms with van der Waals surface area (Å²) in [5.74, 6) is 0.761. The minimum absolute atomic E-state index is 0.0760. The van der Waals surface area contributed by atoms with Gasteiger partial charge in [0.15, 0.2) is 11.5 Å². The number of ether oxygens (including phenoxy) is 2. The van der Waals surface area contributed by atoms with Gasteiger partial charge in [-0.05, 0) is 64.0 Å².